The molecular weight excluding hydrogens is 272 g/mol. The Hall–Kier alpha value is -1.34. The zero-order valence-corrected chi connectivity index (χ0v) is 10.9. The van der Waals surface area contributed by atoms with Gasteiger partial charge in [0, 0.05) is 10.4 Å². The Morgan fingerprint density at radius 2 is 1.65 bits per heavy atom. The summed E-state index contributed by atoms with van der Waals surface area (Å²) < 4.78 is 1.16. The molecule has 0 saturated heterocycles. The topological polar surface area (TPSA) is 0 Å². The zero-order chi connectivity index (χ0) is 11.7. The van der Waals surface area contributed by atoms with Crippen molar-refractivity contribution < 1.29 is 0 Å². The first-order valence-corrected chi connectivity index (χ1v) is 6.55. The number of hydrogen-bond donors (Lipinski definition) is 0. The first kappa shape index (κ1) is 10.8. The van der Waals surface area contributed by atoms with Gasteiger partial charge in [-0.15, -0.1) is 0 Å². The molecule has 2 aromatic carbocycles. The third-order valence-electron chi connectivity index (χ3n) is 3.19. The summed E-state index contributed by atoms with van der Waals surface area (Å²) in [5.41, 5.74) is 4.07. The van der Waals surface area contributed by atoms with Gasteiger partial charge in [-0.2, -0.15) is 0 Å². The minimum Gasteiger partial charge on any atom is -0.0756 e. The van der Waals surface area contributed by atoms with E-state index in [1.54, 1.807) is 0 Å². The lowest BCUT2D eigenvalue weighted by atomic mass is 9.83. The predicted octanol–water partition coefficient (Wildman–Crippen LogP) is 4.50. The molecule has 0 spiro atoms. The molecule has 1 aliphatic rings. The fourth-order valence-electron chi connectivity index (χ4n) is 2.34. The zero-order valence-electron chi connectivity index (χ0n) is 9.36. The second-order valence-electron chi connectivity index (χ2n) is 4.23. The van der Waals surface area contributed by atoms with Gasteiger partial charge >= 0.3 is 0 Å². The monoisotopic (exact) mass is 283 g/mol. The van der Waals surface area contributed by atoms with Crippen molar-refractivity contribution in [3.8, 4) is 0 Å². The van der Waals surface area contributed by atoms with E-state index in [1.165, 1.54) is 16.7 Å². The number of allylic oxidation sites excluding steroid dienone is 2. The van der Waals surface area contributed by atoms with Crippen molar-refractivity contribution in [2.45, 2.75) is 12.3 Å². The quantitative estimate of drug-likeness (QED) is 0.723. The average Bonchev–Trinajstić information content (AvgIpc) is 2.39. The highest BCUT2D eigenvalue weighted by atomic mass is 79.9. The van der Waals surface area contributed by atoms with Crippen LogP contribution in [0.25, 0.3) is 0 Å². The number of benzene rings is 2. The van der Waals surface area contributed by atoms with Crippen LogP contribution in [0.2, 0.25) is 0 Å². The lowest BCUT2D eigenvalue weighted by Gasteiger charge is -2.21. The number of halogens is 1. The molecule has 1 aliphatic carbocycles. The van der Waals surface area contributed by atoms with Crippen LogP contribution in [0.3, 0.4) is 0 Å². The highest BCUT2D eigenvalue weighted by Gasteiger charge is 2.19. The number of rotatable bonds is 1. The van der Waals surface area contributed by atoms with E-state index >= 15 is 0 Å². The van der Waals surface area contributed by atoms with Gasteiger partial charge in [-0.1, -0.05) is 64.5 Å². The van der Waals surface area contributed by atoms with Crippen molar-refractivity contribution in [1.82, 2.24) is 0 Å². The molecule has 83 valence electrons. The van der Waals surface area contributed by atoms with Crippen LogP contribution in [0.1, 0.15) is 22.6 Å². The van der Waals surface area contributed by atoms with Gasteiger partial charge in [-0.05, 0) is 35.3 Å². The van der Waals surface area contributed by atoms with Crippen LogP contribution in [0.5, 0.6) is 0 Å². The van der Waals surface area contributed by atoms with Crippen molar-refractivity contribution in [1.29, 1.82) is 0 Å². The van der Waals surface area contributed by atoms with E-state index in [9.17, 15) is 0 Å². The normalized spacial score (nSPS) is 17.8. The van der Waals surface area contributed by atoms with E-state index in [0.717, 1.165) is 10.9 Å². The minimum absolute atomic E-state index is 0.260. The maximum absolute atomic E-state index is 3.63. The molecule has 2 aromatic rings. The molecule has 3 rings (SSSR count). The fourth-order valence-corrected chi connectivity index (χ4v) is 2.86. The van der Waals surface area contributed by atoms with Crippen LogP contribution in [0.15, 0.2) is 59.1 Å². The van der Waals surface area contributed by atoms with Crippen LogP contribution in [-0.4, -0.2) is 0 Å². The molecule has 0 saturated carbocycles. The summed E-state index contributed by atoms with van der Waals surface area (Å²) in [5, 5.41) is 0. The van der Waals surface area contributed by atoms with Crippen molar-refractivity contribution >= 4 is 15.9 Å². The maximum atomic E-state index is 3.63. The summed E-state index contributed by atoms with van der Waals surface area (Å²) in [6.45, 7) is 0. The van der Waals surface area contributed by atoms with Crippen molar-refractivity contribution in [2.24, 2.45) is 0 Å². The van der Waals surface area contributed by atoms with Crippen molar-refractivity contribution in [2.75, 3.05) is 0 Å². The van der Waals surface area contributed by atoms with E-state index < -0.39 is 0 Å². The Bertz CT molecular complexity index is 569. The first-order chi connectivity index (χ1) is 8.36. The second kappa shape index (κ2) is 4.50. The molecular formula is C16H12Br. The van der Waals surface area contributed by atoms with Crippen LogP contribution < -0.4 is 0 Å². The fraction of sp³-hybridized carbons (Fsp3) is 0.125. The molecule has 0 nitrogen and oxygen atoms in total. The van der Waals surface area contributed by atoms with Crippen LogP contribution >= 0.6 is 15.9 Å². The van der Waals surface area contributed by atoms with Crippen LogP contribution in [0.4, 0.5) is 0 Å². The van der Waals surface area contributed by atoms with E-state index in [-0.39, 0.29) is 5.92 Å². The van der Waals surface area contributed by atoms with E-state index in [2.05, 4.69) is 70.5 Å². The van der Waals surface area contributed by atoms with E-state index in [4.69, 9.17) is 0 Å². The minimum atomic E-state index is 0.260. The molecule has 0 heterocycles. The van der Waals surface area contributed by atoms with Crippen LogP contribution in [0, 0.1) is 6.08 Å². The summed E-state index contributed by atoms with van der Waals surface area (Å²) in [5.74, 6) is 0.260. The Morgan fingerprint density at radius 1 is 0.941 bits per heavy atom. The van der Waals surface area contributed by atoms with Gasteiger partial charge < -0.3 is 0 Å². The molecule has 0 fully saturated rings. The highest BCUT2D eigenvalue weighted by molar-refractivity contribution is 9.10. The molecule has 0 aliphatic heterocycles. The second-order valence-corrected chi connectivity index (χ2v) is 5.08. The molecule has 0 amide bonds. The summed E-state index contributed by atoms with van der Waals surface area (Å²) >= 11 is 3.63. The molecule has 1 unspecified atom stereocenters. The number of fused-ring (bicyclic) bond motifs is 1. The van der Waals surface area contributed by atoms with Gasteiger partial charge in [0.25, 0.3) is 0 Å². The lowest BCUT2D eigenvalue weighted by molar-refractivity contribution is 0.922. The maximum Gasteiger partial charge on any atom is 0.0353 e. The van der Waals surface area contributed by atoms with Crippen molar-refractivity contribution in [3.05, 3.63) is 81.8 Å². The van der Waals surface area contributed by atoms with E-state index in [0.29, 0.717) is 0 Å². The summed E-state index contributed by atoms with van der Waals surface area (Å²) in [7, 11) is 0. The highest BCUT2D eigenvalue weighted by Crippen LogP contribution is 2.35. The van der Waals surface area contributed by atoms with E-state index in [1.807, 2.05) is 6.07 Å². The third-order valence-corrected chi connectivity index (χ3v) is 3.91. The van der Waals surface area contributed by atoms with Gasteiger partial charge in [-0.3, -0.25) is 0 Å². The Balaban J connectivity index is 2.13. The Labute approximate surface area is 110 Å². The standard InChI is InChI=1S/C16H12Br/c17-16-11-4-3-9-15(16)14-10-5-7-12-6-1-2-8-13(12)14/h1-6,8-9,11,14H,7H2. The predicted molar refractivity (Wildman–Crippen MR) is 73.9 cm³/mol. The Kier molecular flexibility index (Phi) is 2.86. The largest absolute Gasteiger partial charge is 0.0756 e. The van der Waals surface area contributed by atoms with Gasteiger partial charge in [0.15, 0.2) is 0 Å². The molecule has 1 radical (unpaired) electrons. The molecule has 0 bridgehead atoms. The van der Waals surface area contributed by atoms with Gasteiger partial charge in [0.05, 0.1) is 0 Å². The smallest absolute Gasteiger partial charge is 0.0353 e. The lowest BCUT2D eigenvalue weighted by Crippen LogP contribution is -2.07. The third kappa shape index (κ3) is 1.96. The van der Waals surface area contributed by atoms with Gasteiger partial charge in [0.1, 0.15) is 0 Å². The first-order valence-electron chi connectivity index (χ1n) is 5.76. The SMILES string of the molecule is Brc1ccccc1C1[C]=CCc2ccccc21. The molecule has 0 aromatic heterocycles. The summed E-state index contributed by atoms with van der Waals surface area (Å²) in [6, 6.07) is 17.0. The average molecular weight is 284 g/mol. The number of hydrogen-bond acceptors (Lipinski definition) is 0. The summed E-state index contributed by atoms with van der Waals surface area (Å²) in [4.78, 5) is 0. The molecule has 1 heteroatoms. The van der Waals surface area contributed by atoms with Crippen LogP contribution in [-0.2, 0) is 6.42 Å². The Morgan fingerprint density at radius 3 is 2.47 bits per heavy atom. The van der Waals surface area contributed by atoms with Crippen molar-refractivity contribution in [3.63, 3.8) is 0 Å². The molecule has 0 N–H and O–H groups in total. The molecule has 17 heavy (non-hydrogen) atoms. The van der Waals surface area contributed by atoms with Gasteiger partial charge in [0.2, 0.25) is 0 Å². The molecule has 1 atom stereocenters. The summed E-state index contributed by atoms with van der Waals surface area (Å²) in [6.07, 6.45) is 6.62. The van der Waals surface area contributed by atoms with Gasteiger partial charge in [-0.25, -0.2) is 0 Å².